The molecule has 1 aliphatic heterocycles. The Morgan fingerprint density at radius 2 is 2.12 bits per heavy atom. The highest BCUT2D eigenvalue weighted by molar-refractivity contribution is 6.42. The first-order valence-corrected chi connectivity index (χ1v) is 5.76. The Labute approximate surface area is 103 Å². The van der Waals surface area contributed by atoms with E-state index < -0.39 is 11.9 Å². The summed E-state index contributed by atoms with van der Waals surface area (Å²) in [5.41, 5.74) is 0.874. The molecule has 0 amide bonds. The molecule has 1 aliphatic rings. The molecule has 0 bridgehead atoms. The molecule has 0 spiro atoms. The molecule has 1 fully saturated rings. The molecule has 0 saturated carbocycles. The van der Waals surface area contributed by atoms with Gasteiger partial charge in [-0.1, -0.05) is 29.3 Å². The molecule has 1 saturated heterocycles. The third kappa shape index (κ3) is 2.17. The topological polar surface area (TPSA) is 49.3 Å². The molecule has 0 aromatic heterocycles. The van der Waals surface area contributed by atoms with E-state index in [4.69, 9.17) is 28.3 Å². The van der Waals surface area contributed by atoms with Crippen molar-refractivity contribution in [2.75, 3.05) is 6.54 Å². The summed E-state index contributed by atoms with van der Waals surface area (Å²) in [6, 6.07) is 5.06. The second-order valence-corrected chi connectivity index (χ2v) is 4.65. The van der Waals surface area contributed by atoms with Crippen LogP contribution in [-0.4, -0.2) is 17.6 Å². The first kappa shape index (κ1) is 11.7. The lowest BCUT2D eigenvalue weighted by atomic mass is 9.94. The van der Waals surface area contributed by atoms with Crippen molar-refractivity contribution in [3.63, 3.8) is 0 Å². The van der Waals surface area contributed by atoms with Crippen LogP contribution in [0.15, 0.2) is 18.2 Å². The number of aliphatic carboxylic acids is 1. The number of benzene rings is 1. The van der Waals surface area contributed by atoms with Crippen molar-refractivity contribution in [1.82, 2.24) is 5.32 Å². The molecule has 1 aromatic rings. The van der Waals surface area contributed by atoms with Crippen molar-refractivity contribution in [3.8, 4) is 0 Å². The minimum Gasteiger partial charge on any atom is -0.481 e. The van der Waals surface area contributed by atoms with Gasteiger partial charge in [0.05, 0.1) is 16.0 Å². The lowest BCUT2D eigenvalue weighted by molar-refractivity contribution is -0.142. The van der Waals surface area contributed by atoms with E-state index in [2.05, 4.69) is 5.32 Å². The predicted molar refractivity (Wildman–Crippen MR) is 62.9 cm³/mol. The number of carboxylic acids is 1. The molecule has 2 unspecified atom stereocenters. The van der Waals surface area contributed by atoms with Crippen LogP contribution in [0.25, 0.3) is 0 Å². The third-order valence-electron chi connectivity index (χ3n) is 2.84. The van der Waals surface area contributed by atoms with Gasteiger partial charge in [0, 0.05) is 6.04 Å². The van der Waals surface area contributed by atoms with Crippen LogP contribution in [0.4, 0.5) is 0 Å². The van der Waals surface area contributed by atoms with Crippen LogP contribution in [0.5, 0.6) is 0 Å². The quantitative estimate of drug-likeness (QED) is 0.859. The Balaban J connectivity index is 2.29. The number of carboxylic acid groups (broad SMARTS) is 1. The van der Waals surface area contributed by atoms with Crippen LogP contribution in [0.3, 0.4) is 0 Å². The zero-order chi connectivity index (χ0) is 11.7. The molecule has 0 radical (unpaired) electrons. The van der Waals surface area contributed by atoms with Gasteiger partial charge in [0.15, 0.2) is 0 Å². The monoisotopic (exact) mass is 259 g/mol. The van der Waals surface area contributed by atoms with Crippen molar-refractivity contribution in [2.24, 2.45) is 5.92 Å². The van der Waals surface area contributed by atoms with Gasteiger partial charge in [0.25, 0.3) is 0 Å². The number of hydrogen-bond acceptors (Lipinski definition) is 2. The largest absolute Gasteiger partial charge is 0.481 e. The van der Waals surface area contributed by atoms with E-state index in [1.807, 2.05) is 6.07 Å². The summed E-state index contributed by atoms with van der Waals surface area (Å²) in [5, 5.41) is 13.2. The van der Waals surface area contributed by atoms with E-state index in [-0.39, 0.29) is 6.04 Å². The van der Waals surface area contributed by atoms with Crippen molar-refractivity contribution in [1.29, 1.82) is 0 Å². The van der Waals surface area contributed by atoms with Gasteiger partial charge in [0.1, 0.15) is 0 Å². The smallest absolute Gasteiger partial charge is 0.308 e. The Bertz CT molecular complexity index is 422. The summed E-state index contributed by atoms with van der Waals surface area (Å²) in [6.07, 6.45) is 0.639. The van der Waals surface area contributed by atoms with Gasteiger partial charge in [-0.15, -0.1) is 0 Å². The van der Waals surface area contributed by atoms with Crippen molar-refractivity contribution >= 4 is 29.2 Å². The highest BCUT2D eigenvalue weighted by Gasteiger charge is 2.33. The normalized spacial score (nSPS) is 24.6. The van der Waals surface area contributed by atoms with Gasteiger partial charge in [-0.2, -0.15) is 0 Å². The van der Waals surface area contributed by atoms with Gasteiger partial charge in [0.2, 0.25) is 0 Å². The average molecular weight is 260 g/mol. The van der Waals surface area contributed by atoms with Gasteiger partial charge in [-0.25, -0.2) is 0 Å². The van der Waals surface area contributed by atoms with Gasteiger partial charge < -0.3 is 10.4 Å². The maximum atomic E-state index is 11.0. The summed E-state index contributed by atoms with van der Waals surface area (Å²) in [5.74, 6) is -1.17. The van der Waals surface area contributed by atoms with E-state index >= 15 is 0 Å². The summed E-state index contributed by atoms with van der Waals surface area (Å²) >= 11 is 11.7. The minimum atomic E-state index is -0.777. The Morgan fingerprint density at radius 3 is 2.75 bits per heavy atom. The molecule has 16 heavy (non-hydrogen) atoms. The van der Waals surface area contributed by atoms with Crippen LogP contribution in [-0.2, 0) is 4.79 Å². The predicted octanol–water partition coefficient (Wildman–Crippen LogP) is 2.73. The van der Waals surface area contributed by atoms with Crippen LogP contribution in [0.1, 0.15) is 18.0 Å². The van der Waals surface area contributed by atoms with E-state index in [1.54, 1.807) is 12.1 Å². The molecule has 5 heteroatoms. The van der Waals surface area contributed by atoms with E-state index in [0.717, 1.165) is 5.56 Å². The fourth-order valence-corrected chi connectivity index (χ4v) is 2.33. The van der Waals surface area contributed by atoms with Crippen molar-refractivity contribution in [2.45, 2.75) is 12.5 Å². The first-order chi connectivity index (χ1) is 7.59. The van der Waals surface area contributed by atoms with Gasteiger partial charge in [-0.05, 0) is 30.7 Å². The van der Waals surface area contributed by atoms with Crippen LogP contribution >= 0.6 is 23.2 Å². The summed E-state index contributed by atoms with van der Waals surface area (Å²) in [6.45, 7) is 0.710. The molecule has 2 N–H and O–H groups in total. The molecular weight excluding hydrogens is 249 g/mol. The zero-order valence-corrected chi connectivity index (χ0v) is 9.92. The van der Waals surface area contributed by atoms with E-state index in [1.165, 1.54) is 0 Å². The second kappa shape index (κ2) is 4.62. The maximum absolute atomic E-state index is 11.0. The standard InChI is InChI=1S/C11H11Cl2NO2/c12-8-2-1-6(5-9(8)13)10-7(11(15)16)3-4-14-10/h1-2,5,7,10,14H,3-4H2,(H,15,16). The maximum Gasteiger partial charge on any atom is 0.308 e. The Morgan fingerprint density at radius 1 is 1.38 bits per heavy atom. The van der Waals surface area contributed by atoms with Crippen LogP contribution < -0.4 is 5.32 Å². The number of halogens is 2. The molecule has 86 valence electrons. The molecule has 2 rings (SSSR count). The number of rotatable bonds is 2. The van der Waals surface area contributed by atoms with Crippen molar-refractivity contribution in [3.05, 3.63) is 33.8 Å². The average Bonchev–Trinajstić information content (AvgIpc) is 2.71. The number of hydrogen-bond donors (Lipinski definition) is 2. The fourth-order valence-electron chi connectivity index (χ4n) is 2.03. The van der Waals surface area contributed by atoms with E-state index in [9.17, 15) is 4.79 Å². The Kier molecular flexibility index (Phi) is 3.38. The number of nitrogens with one attached hydrogen (secondary N) is 1. The Hall–Kier alpha value is -0.770. The van der Waals surface area contributed by atoms with Crippen molar-refractivity contribution < 1.29 is 9.90 Å². The molecule has 3 nitrogen and oxygen atoms in total. The lowest BCUT2D eigenvalue weighted by Gasteiger charge is -2.16. The molecule has 1 heterocycles. The zero-order valence-electron chi connectivity index (χ0n) is 8.41. The molecular formula is C11H11Cl2NO2. The van der Waals surface area contributed by atoms with Gasteiger partial charge in [-0.3, -0.25) is 4.79 Å². The molecule has 0 aliphatic carbocycles. The van der Waals surface area contributed by atoms with Crippen LogP contribution in [0, 0.1) is 5.92 Å². The van der Waals surface area contributed by atoms with E-state index in [0.29, 0.717) is 23.0 Å². The summed E-state index contributed by atoms with van der Waals surface area (Å²) in [7, 11) is 0. The first-order valence-electron chi connectivity index (χ1n) is 5.00. The number of carbonyl (C=O) groups is 1. The highest BCUT2D eigenvalue weighted by atomic mass is 35.5. The third-order valence-corrected chi connectivity index (χ3v) is 3.58. The van der Waals surface area contributed by atoms with Crippen LogP contribution in [0.2, 0.25) is 10.0 Å². The summed E-state index contributed by atoms with van der Waals surface area (Å²) < 4.78 is 0. The fraction of sp³-hybridized carbons (Fsp3) is 0.364. The molecule has 1 aromatic carbocycles. The lowest BCUT2D eigenvalue weighted by Crippen LogP contribution is -2.23. The highest BCUT2D eigenvalue weighted by Crippen LogP contribution is 2.33. The summed E-state index contributed by atoms with van der Waals surface area (Å²) in [4.78, 5) is 11.0. The van der Waals surface area contributed by atoms with Gasteiger partial charge >= 0.3 is 5.97 Å². The molecule has 2 atom stereocenters. The minimum absolute atomic E-state index is 0.174. The SMILES string of the molecule is O=C(O)C1CCNC1c1ccc(Cl)c(Cl)c1. The second-order valence-electron chi connectivity index (χ2n) is 3.84.